The minimum absolute atomic E-state index is 0.0775. The van der Waals surface area contributed by atoms with E-state index in [0.717, 1.165) is 22.4 Å². The molecule has 0 unspecified atom stereocenters. The number of carbonyl (C=O) groups excluding carboxylic acids is 1. The van der Waals surface area contributed by atoms with Crippen molar-refractivity contribution in [2.75, 3.05) is 20.8 Å². The molecule has 0 N–H and O–H groups in total. The average Bonchev–Trinajstić information content (AvgIpc) is 2.79. The maximum Gasteiger partial charge on any atom is 0.213 e. The van der Waals surface area contributed by atoms with Crippen molar-refractivity contribution in [3.63, 3.8) is 0 Å². The molecule has 0 aliphatic rings. The van der Waals surface area contributed by atoms with Crippen molar-refractivity contribution >= 4 is 5.78 Å². The summed E-state index contributed by atoms with van der Waals surface area (Å²) < 4.78 is 16.5. The second-order valence-corrected chi connectivity index (χ2v) is 6.90. The van der Waals surface area contributed by atoms with Gasteiger partial charge in [0, 0.05) is 24.5 Å². The Balaban J connectivity index is 1.64. The second-order valence-electron chi connectivity index (χ2n) is 6.90. The first kappa shape index (κ1) is 21.8. The molecule has 0 aliphatic heterocycles. The largest absolute Gasteiger partial charge is 0.493 e. The van der Waals surface area contributed by atoms with E-state index in [2.05, 4.69) is 4.98 Å². The number of carbonyl (C=O) groups is 1. The smallest absolute Gasteiger partial charge is 0.213 e. The van der Waals surface area contributed by atoms with Gasteiger partial charge in [-0.2, -0.15) is 5.26 Å². The first-order valence-corrected chi connectivity index (χ1v) is 9.91. The lowest BCUT2D eigenvalue weighted by atomic mass is 10.0. The molecule has 3 aromatic rings. The van der Waals surface area contributed by atoms with Crippen molar-refractivity contribution in [1.29, 1.82) is 5.26 Å². The molecule has 1 heterocycles. The van der Waals surface area contributed by atoms with E-state index in [9.17, 15) is 4.79 Å². The number of Topliss-reactive ketones (excluding diaryl/α,β-unsaturated/α-hetero) is 1. The summed E-state index contributed by atoms with van der Waals surface area (Å²) in [6.07, 6.45) is 0.859. The molecule has 158 valence electrons. The summed E-state index contributed by atoms with van der Waals surface area (Å²) in [5.41, 5.74) is 3.59. The predicted molar refractivity (Wildman–Crippen MR) is 117 cm³/mol. The van der Waals surface area contributed by atoms with Crippen LogP contribution in [0.1, 0.15) is 17.5 Å². The highest BCUT2D eigenvalue weighted by molar-refractivity contribution is 5.83. The lowest BCUT2D eigenvalue weighted by Gasteiger charge is -2.11. The number of aromatic nitrogens is 1. The molecule has 0 bridgehead atoms. The monoisotopic (exact) mass is 416 g/mol. The zero-order valence-corrected chi connectivity index (χ0v) is 17.6. The Hall–Kier alpha value is -3.85. The summed E-state index contributed by atoms with van der Waals surface area (Å²) in [5.74, 6) is 1.81. The van der Waals surface area contributed by atoms with E-state index in [1.807, 2.05) is 66.7 Å². The van der Waals surface area contributed by atoms with Gasteiger partial charge in [0.25, 0.3) is 0 Å². The number of hydrogen-bond acceptors (Lipinski definition) is 6. The fourth-order valence-corrected chi connectivity index (χ4v) is 3.18. The Morgan fingerprint density at radius 1 is 0.968 bits per heavy atom. The maximum atomic E-state index is 11.8. The van der Waals surface area contributed by atoms with E-state index in [0.29, 0.717) is 30.4 Å². The van der Waals surface area contributed by atoms with Crippen LogP contribution in [0.25, 0.3) is 11.3 Å². The summed E-state index contributed by atoms with van der Waals surface area (Å²) in [5, 5.41) is 8.66. The Morgan fingerprint density at radius 3 is 2.55 bits per heavy atom. The summed E-state index contributed by atoms with van der Waals surface area (Å²) >= 11 is 0. The average molecular weight is 416 g/mol. The van der Waals surface area contributed by atoms with Crippen LogP contribution in [0.3, 0.4) is 0 Å². The van der Waals surface area contributed by atoms with Gasteiger partial charge in [0.05, 0.1) is 39.0 Å². The molecule has 0 aliphatic carbocycles. The van der Waals surface area contributed by atoms with Crippen LogP contribution >= 0.6 is 0 Å². The van der Waals surface area contributed by atoms with Crippen LogP contribution in [0.4, 0.5) is 0 Å². The third-order valence-corrected chi connectivity index (χ3v) is 4.71. The van der Waals surface area contributed by atoms with E-state index in [4.69, 9.17) is 19.5 Å². The van der Waals surface area contributed by atoms with Crippen LogP contribution in [0.15, 0.2) is 60.7 Å². The summed E-state index contributed by atoms with van der Waals surface area (Å²) in [6.45, 7) is 0.467. The third kappa shape index (κ3) is 6.06. The number of nitrogens with zero attached hydrogens (tertiary/aromatic N) is 2. The van der Waals surface area contributed by atoms with Crippen LogP contribution < -0.4 is 14.2 Å². The van der Waals surface area contributed by atoms with Crippen LogP contribution in [-0.2, 0) is 17.6 Å². The Kier molecular flexibility index (Phi) is 7.61. The minimum Gasteiger partial charge on any atom is -0.493 e. The molecule has 6 heteroatoms. The van der Waals surface area contributed by atoms with Gasteiger partial charge in [-0.15, -0.1) is 0 Å². The number of methoxy groups -OCH3 is 2. The van der Waals surface area contributed by atoms with E-state index >= 15 is 0 Å². The third-order valence-electron chi connectivity index (χ3n) is 4.71. The number of ketones is 1. The van der Waals surface area contributed by atoms with Crippen molar-refractivity contribution in [2.45, 2.75) is 19.3 Å². The summed E-state index contributed by atoms with van der Waals surface area (Å²) in [4.78, 5) is 16.3. The molecule has 2 aromatic carbocycles. The van der Waals surface area contributed by atoms with Crippen LogP contribution in [0.2, 0.25) is 0 Å². The van der Waals surface area contributed by atoms with Crippen molar-refractivity contribution < 1.29 is 19.0 Å². The molecular weight excluding hydrogens is 392 g/mol. The maximum absolute atomic E-state index is 11.8. The highest BCUT2D eigenvalue weighted by atomic mass is 16.5. The zero-order chi connectivity index (χ0) is 22.1. The summed E-state index contributed by atoms with van der Waals surface area (Å²) in [6, 6.07) is 20.9. The number of hydrogen-bond donors (Lipinski definition) is 0. The van der Waals surface area contributed by atoms with Crippen molar-refractivity contribution in [2.24, 2.45) is 0 Å². The highest BCUT2D eigenvalue weighted by Crippen LogP contribution is 2.28. The van der Waals surface area contributed by atoms with Gasteiger partial charge in [0.1, 0.15) is 0 Å². The van der Waals surface area contributed by atoms with Crippen LogP contribution in [0.5, 0.6) is 17.4 Å². The van der Waals surface area contributed by atoms with Crippen LogP contribution in [-0.4, -0.2) is 31.6 Å². The molecule has 6 nitrogen and oxygen atoms in total. The van der Waals surface area contributed by atoms with Gasteiger partial charge >= 0.3 is 0 Å². The van der Waals surface area contributed by atoms with Gasteiger partial charge in [0.2, 0.25) is 5.88 Å². The highest BCUT2D eigenvalue weighted by Gasteiger charge is 2.08. The fourth-order valence-electron chi connectivity index (χ4n) is 3.18. The number of ether oxygens (including phenoxy) is 3. The first-order valence-electron chi connectivity index (χ1n) is 9.91. The van der Waals surface area contributed by atoms with Crippen LogP contribution in [0, 0.1) is 11.3 Å². The van der Waals surface area contributed by atoms with Gasteiger partial charge in [-0.25, -0.2) is 4.98 Å². The number of benzene rings is 2. The Bertz CT molecular complexity index is 1090. The van der Waals surface area contributed by atoms with E-state index < -0.39 is 0 Å². The molecule has 1 aromatic heterocycles. The Labute approximate surface area is 182 Å². The van der Waals surface area contributed by atoms with E-state index in [-0.39, 0.29) is 18.6 Å². The van der Waals surface area contributed by atoms with E-state index in [1.165, 1.54) is 0 Å². The number of pyridine rings is 1. The fraction of sp³-hybridized carbons (Fsp3) is 0.240. The molecule has 0 saturated carbocycles. The lowest BCUT2D eigenvalue weighted by Crippen LogP contribution is -2.04. The van der Waals surface area contributed by atoms with Gasteiger partial charge in [-0.05, 0) is 35.4 Å². The van der Waals surface area contributed by atoms with Crippen molar-refractivity contribution in [1.82, 2.24) is 4.98 Å². The standard InChI is InChI=1S/C25H24N2O4/c1-29-23-10-9-18(17-24(23)30-2)12-14-31-25-8-4-7-22(27-25)20-6-3-5-19(15-20)16-21(28)11-13-26/h3-10,15,17H,11-12,14,16H2,1-2H3. The number of rotatable bonds is 10. The summed E-state index contributed by atoms with van der Waals surface area (Å²) in [7, 11) is 3.22. The molecule has 31 heavy (non-hydrogen) atoms. The quantitative estimate of drug-likeness (QED) is 0.487. The minimum atomic E-state index is -0.0974. The topological polar surface area (TPSA) is 81.4 Å². The molecule has 0 spiro atoms. The molecule has 0 atom stereocenters. The normalized spacial score (nSPS) is 10.2. The van der Waals surface area contributed by atoms with E-state index in [1.54, 1.807) is 14.2 Å². The van der Waals surface area contributed by atoms with Crippen molar-refractivity contribution in [3.8, 4) is 34.7 Å². The molecular formula is C25H24N2O4. The molecule has 3 rings (SSSR count). The Morgan fingerprint density at radius 2 is 1.77 bits per heavy atom. The second kappa shape index (κ2) is 10.8. The lowest BCUT2D eigenvalue weighted by molar-refractivity contribution is -0.117. The molecule has 0 fully saturated rings. The first-order chi connectivity index (χ1) is 15.1. The number of nitriles is 1. The predicted octanol–water partition coefficient (Wildman–Crippen LogP) is 4.41. The van der Waals surface area contributed by atoms with Gasteiger partial charge in [-0.1, -0.05) is 30.3 Å². The van der Waals surface area contributed by atoms with Crippen molar-refractivity contribution in [3.05, 3.63) is 71.8 Å². The van der Waals surface area contributed by atoms with Gasteiger partial charge in [-0.3, -0.25) is 4.79 Å². The molecule has 0 radical (unpaired) electrons. The zero-order valence-electron chi connectivity index (χ0n) is 17.6. The van der Waals surface area contributed by atoms with Gasteiger partial charge in [0.15, 0.2) is 17.3 Å². The SMILES string of the molecule is COc1ccc(CCOc2cccc(-c3cccc(CC(=O)CC#N)c3)n2)cc1OC. The van der Waals surface area contributed by atoms with Gasteiger partial charge < -0.3 is 14.2 Å². The molecule has 0 saturated heterocycles. The molecule has 0 amide bonds.